The third-order valence-electron chi connectivity index (χ3n) is 2.87. The SMILES string of the molecule is CC(C)c1ccc(C=Nc2ccc(Cl)c(Cl)c2)cc1. The summed E-state index contributed by atoms with van der Waals surface area (Å²) in [4.78, 5) is 4.38. The Bertz CT molecular complexity index is 586. The second kappa shape index (κ2) is 6.23. The minimum absolute atomic E-state index is 0.520. The lowest BCUT2D eigenvalue weighted by Gasteiger charge is -2.04. The van der Waals surface area contributed by atoms with Crippen LogP contribution in [0.4, 0.5) is 5.69 Å². The number of rotatable bonds is 3. The monoisotopic (exact) mass is 291 g/mol. The van der Waals surface area contributed by atoms with Crippen LogP contribution in [0.25, 0.3) is 0 Å². The summed E-state index contributed by atoms with van der Waals surface area (Å²) in [7, 11) is 0. The van der Waals surface area contributed by atoms with E-state index in [1.165, 1.54) is 5.56 Å². The van der Waals surface area contributed by atoms with E-state index in [4.69, 9.17) is 23.2 Å². The van der Waals surface area contributed by atoms with Gasteiger partial charge in [0, 0.05) is 6.21 Å². The molecule has 0 aromatic heterocycles. The topological polar surface area (TPSA) is 12.4 Å². The van der Waals surface area contributed by atoms with Crippen molar-refractivity contribution >= 4 is 35.1 Å². The maximum atomic E-state index is 5.95. The Morgan fingerprint density at radius 3 is 2.21 bits per heavy atom. The highest BCUT2D eigenvalue weighted by molar-refractivity contribution is 6.42. The molecule has 0 saturated carbocycles. The summed E-state index contributed by atoms with van der Waals surface area (Å²) in [5.74, 6) is 0.543. The van der Waals surface area contributed by atoms with Gasteiger partial charge < -0.3 is 0 Å². The molecule has 0 aliphatic rings. The van der Waals surface area contributed by atoms with E-state index in [0.717, 1.165) is 11.3 Å². The van der Waals surface area contributed by atoms with Crippen molar-refractivity contribution in [2.75, 3.05) is 0 Å². The van der Waals surface area contributed by atoms with E-state index >= 15 is 0 Å². The molecule has 0 heterocycles. The number of aliphatic imine (C=N–C) groups is 1. The van der Waals surface area contributed by atoms with Crippen molar-refractivity contribution in [2.45, 2.75) is 19.8 Å². The second-order valence-electron chi connectivity index (χ2n) is 4.68. The summed E-state index contributed by atoms with van der Waals surface area (Å²) >= 11 is 11.8. The molecule has 1 nitrogen and oxygen atoms in total. The maximum Gasteiger partial charge on any atom is 0.0645 e. The van der Waals surface area contributed by atoms with Crippen molar-refractivity contribution in [3.63, 3.8) is 0 Å². The van der Waals surface area contributed by atoms with Gasteiger partial charge in [-0.25, -0.2) is 0 Å². The summed E-state index contributed by atoms with van der Waals surface area (Å²) in [6.45, 7) is 4.36. The van der Waals surface area contributed by atoms with Gasteiger partial charge in [-0.2, -0.15) is 0 Å². The van der Waals surface area contributed by atoms with Crippen molar-refractivity contribution < 1.29 is 0 Å². The first-order valence-corrected chi connectivity index (χ1v) is 6.91. The fraction of sp³-hybridized carbons (Fsp3) is 0.188. The van der Waals surface area contributed by atoms with Gasteiger partial charge in [-0.1, -0.05) is 61.3 Å². The number of nitrogens with zero attached hydrogens (tertiary/aromatic N) is 1. The highest BCUT2D eigenvalue weighted by atomic mass is 35.5. The predicted octanol–water partition coefficient (Wildman–Crippen LogP) is 5.87. The summed E-state index contributed by atoms with van der Waals surface area (Å²) in [6.07, 6.45) is 1.82. The third kappa shape index (κ3) is 3.82. The van der Waals surface area contributed by atoms with E-state index in [1.807, 2.05) is 12.3 Å². The van der Waals surface area contributed by atoms with E-state index < -0.39 is 0 Å². The van der Waals surface area contributed by atoms with Gasteiger partial charge >= 0.3 is 0 Å². The average molecular weight is 292 g/mol. The average Bonchev–Trinajstić information content (AvgIpc) is 2.40. The minimum Gasteiger partial charge on any atom is -0.256 e. The standard InChI is InChI=1S/C16H15Cl2N/c1-11(2)13-5-3-12(4-6-13)10-19-14-7-8-15(17)16(18)9-14/h3-11H,1-2H3. The highest BCUT2D eigenvalue weighted by Crippen LogP contribution is 2.26. The maximum absolute atomic E-state index is 5.95. The van der Waals surface area contributed by atoms with Crippen LogP contribution < -0.4 is 0 Å². The van der Waals surface area contributed by atoms with Gasteiger partial charge in [0.2, 0.25) is 0 Å². The van der Waals surface area contributed by atoms with E-state index in [2.05, 4.69) is 43.1 Å². The zero-order valence-corrected chi connectivity index (χ0v) is 12.4. The Morgan fingerprint density at radius 2 is 1.63 bits per heavy atom. The number of hydrogen-bond donors (Lipinski definition) is 0. The Morgan fingerprint density at radius 1 is 0.947 bits per heavy atom. The lowest BCUT2D eigenvalue weighted by Crippen LogP contribution is -1.87. The van der Waals surface area contributed by atoms with E-state index in [0.29, 0.717) is 16.0 Å². The molecule has 0 unspecified atom stereocenters. The van der Waals surface area contributed by atoms with Gasteiger partial charge in [0.05, 0.1) is 15.7 Å². The summed E-state index contributed by atoms with van der Waals surface area (Å²) in [6, 6.07) is 13.7. The summed E-state index contributed by atoms with van der Waals surface area (Å²) in [5, 5.41) is 1.06. The first kappa shape index (κ1) is 14.1. The minimum atomic E-state index is 0.520. The molecule has 0 radical (unpaired) electrons. The molecular formula is C16H15Cl2N. The van der Waals surface area contributed by atoms with E-state index in [1.54, 1.807) is 12.1 Å². The van der Waals surface area contributed by atoms with Crippen LogP contribution in [0.3, 0.4) is 0 Å². The fourth-order valence-electron chi connectivity index (χ4n) is 1.68. The number of benzene rings is 2. The molecule has 98 valence electrons. The Balaban J connectivity index is 2.15. The molecule has 0 atom stereocenters. The fourth-order valence-corrected chi connectivity index (χ4v) is 1.97. The smallest absolute Gasteiger partial charge is 0.0645 e. The zero-order chi connectivity index (χ0) is 13.8. The van der Waals surface area contributed by atoms with Crippen molar-refractivity contribution in [1.29, 1.82) is 0 Å². The Labute approximate surface area is 123 Å². The molecule has 0 spiro atoms. The molecule has 19 heavy (non-hydrogen) atoms. The third-order valence-corrected chi connectivity index (χ3v) is 3.61. The van der Waals surface area contributed by atoms with Gasteiger partial charge in [-0.05, 0) is 35.2 Å². The predicted molar refractivity (Wildman–Crippen MR) is 84.2 cm³/mol. The van der Waals surface area contributed by atoms with Crippen LogP contribution in [0.15, 0.2) is 47.5 Å². The first-order valence-electron chi connectivity index (χ1n) is 6.15. The van der Waals surface area contributed by atoms with Crippen LogP contribution in [-0.4, -0.2) is 6.21 Å². The van der Waals surface area contributed by atoms with E-state index in [9.17, 15) is 0 Å². The highest BCUT2D eigenvalue weighted by Gasteiger charge is 1.99. The largest absolute Gasteiger partial charge is 0.256 e. The molecule has 2 rings (SSSR count). The first-order chi connectivity index (χ1) is 9.06. The second-order valence-corrected chi connectivity index (χ2v) is 5.49. The Kier molecular flexibility index (Phi) is 4.62. The van der Waals surface area contributed by atoms with Gasteiger partial charge in [-0.15, -0.1) is 0 Å². The molecule has 0 aliphatic carbocycles. The lowest BCUT2D eigenvalue weighted by molar-refractivity contribution is 0.866. The molecule has 0 N–H and O–H groups in total. The van der Waals surface area contributed by atoms with Gasteiger partial charge in [0.25, 0.3) is 0 Å². The molecule has 0 fully saturated rings. The molecule has 0 amide bonds. The molecule has 0 bridgehead atoms. The quantitative estimate of drug-likeness (QED) is 0.627. The van der Waals surface area contributed by atoms with Crippen LogP contribution in [0.2, 0.25) is 10.0 Å². The number of hydrogen-bond acceptors (Lipinski definition) is 1. The molecule has 2 aromatic rings. The molecule has 0 saturated heterocycles. The van der Waals surface area contributed by atoms with Crippen LogP contribution in [0, 0.1) is 0 Å². The van der Waals surface area contributed by atoms with Crippen LogP contribution in [0.5, 0.6) is 0 Å². The van der Waals surface area contributed by atoms with Crippen molar-refractivity contribution in [1.82, 2.24) is 0 Å². The molecule has 3 heteroatoms. The van der Waals surface area contributed by atoms with Crippen LogP contribution >= 0.6 is 23.2 Å². The normalized spacial score (nSPS) is 11.4. The lowest BCUT2D eigenvalue weighted by atomic mass is 10.0. The van der Waals surface area contributed by atoms with Gasteiger partial charge in [-0.3, -0.25) is 4.99 Å². The van der Waals surface area contributed by atoms with Crippen molar-refractivity contribution in [3.8, 4) is 0 Å². The van der Waals surface area contributed by atoms with E-state index in [-0.39, 0.29) is 0 Å². The van der Waals surface area contributed by atoms with Crippen LogP contribution in [0.1, 0.15) is 30.9 Å². The van der Waals surface area contributed by atoms with Crippen molar-refractivity contribution in [2.24, 2.45) is 4.99 Å². The zero-order valence-electron chi connectivity index (χ0n) is 10.9. The molecule has 2 aromatic carbocycles. The van der Waals surface area contributed by atoms with Gasteiger partial charge in [0.1, 0.15) is 0 Å². The van der Waals surface area contributed by atoms with Crippen molar-refractivity contribution in [3.05, 3.63) is 63.6 Å². The number of halogens is 2. The molecule has 0 aliphatic heterocycles. The van der Waals surface area contributed by atoms with Gasteiger partial charge in [0.15, 0.2) is 0 Å². The summed E-state index contributed by atoms with van der Waals surface area (Å²) in [5.41, 5.74) is 3.18. The molecular weight excluding hydrogens is 277 g/mol. The summed E-state index contributed by atoms with van der Waals surface area (Å²) < 4.78 is 0. The Hall–Kier alpha value is -1.31. The van der Waals surface area contributed by atoms with Crippen LogP contribution in [-0.2, 0) is 0 Å².